The number of hydrogen-bond donors (Lipinski definition) is 2. The van der Waals surface area contributed by atoms with E-state index in [0.29, 0.717) is 5.46 Å². The first-order chi connectivity index (χ1) is 10.1. The van der Waals surface area contributed by atoms with E-state index in [1.54, 1.807) is 0 Å². The predicted octanol–water partition coefficient (Wildman–Crippen LogP) is 2.78. The monoisotopic (exact) mass is 274 g/mol. The topological polar surface area (TPSA) is 40.5 Å². The van der Waals surface area contributed by atoms with Crippen LogP contribution in [0.15, 0.2) is 42.5 Å². The van der Waals surface area contributed by atoms with Crippen molar-refractivity contribution in [2.45, 2.75) is 13.8 Å². The maximum absolute atomic E-state index is 9.75. The van der Waals surface area contributed by atoms with Crippen LogP contribution in [0.2, 0.25) is 0 Å². The van der Waals surface area contributed by atoms with Gasteiger partial charge in [0.05, 0.1) is 0 Å². The summed E-state index contributed by atoms with van der Waals surface area (Å²) in [6, 6.07) is 14.5. The normalized spacial score (nSPS) is 11.8. The van der Waals surface area contributed by atoms with E-state index in [1.165, 1.54) is 27.8 Å². The Morgan fingerprint density at radius 1 is 0.810 bits per heavy atom. The van der Waals surface area contributed by atoms with Gasteiger partial charge in [-0.2, -0.15) is 0 Å². The van der Waals surface area contributed by atoms with Crippen molar-refractivity contribution in [3.05, 3.63) is 53.6 Å². The minimum absolute atomic E-state index is 0.614. The number of rotatable bonds is 1. The van der Waals surface area contributed by atoms with Crippen molar-refractivity contribution in [3.63, 3.8) is 0 Å². The average molecular weight is 274 g/mol. The Kier molecular flexibility index (Phi) is 2.53. The Bertz CT molecular complexity index is 897. The van der Waals surface area contributed by atoms with Gasteiger partial charge in [-0.3, -0.25) is 0 Å². The molecule has 0 radical (unpaired) electrons. The summed E-state index contributed by atoms with van der Waals surface area (Å²) >= 11 is 0. The Balaban J connectivity index is 2.26. The zero-order valence-electron chi connectivity index (χ0n) is 12.0. The lowest BCUT2D eigenvalue weighted by molar-refractivity contribution is 0.426. The van der Waals surface area contributed by atoms with Gasteiger partial charge in [0.2, 0.25) is 0 Å². The van der Waals surface area contributed by atoms with E-state index in [-0.39, 0.29) is 0 Å². The van der Waals surface area contributed by atoms with E-state index in [9.17, 15) is 10.0 Å². The van der Waals surface area contributed by atoms with E-state index >= 15 is 0 Å². The summed E-state index contributed by atoms with van der Waals surface area (Å²) in [4.78, 5) is 0. The van der Waals surface area contributed by atoms with Gasteiger partial charge in [0.15, 0.2) is 0 Å². The molecule has 0 saturated carbocycles. The summed E-state index contributed by atoms with van der Waals surface area (Å²) in [6.45, 7) is 4.04. The molecule has 3 heteroatoms. The second-order valence-electron chi connectivity index (χ2n) is 5.75. The molecule has 0 aliphatic heterocycles. The zero-order valence-corrected chi connectivity index (χ0v) is 12.0. The molecule has 4 rings (SSSR count). The molecule has 0 amide bonds. The summed E-state index contributed by atoms with van der Waals surface area (Å²) in [5.41, 5.74) is 7.63. The van der Waals surface area contributed by atoms with Crippen molar-refractivity contribution in [1.82, 2.24) is 0 Å². The fourth-order valence-corrected chi connectivity index (χ4v) is 3.63. The molecule has 3 aromatic carbocycles. The second kappa shape index (κ2) is 4.20. The van der Waals surface area contributed by atoms with E-state index in [1.807, 2.05) is 13.0 Å². The molecule has 2 nitrogen and oxygen atoms in total. The van der Waals surface area contributed by atoms with Crippen LogP contribution in [0, 0.1) is 13.8 Å². The predicted molar refractivity (Wildman–Crippen MR) is 87.7 cm³/mol. The molecule has 0 aromatic heterocycles. The van der Waals surface area contributed by atoms with Crippen molar-refractivity contribution in [2.75, 3.05) is 0 Å². The summed E-state index contributed by atoms with van der Waals surface area (Å²) < 4.78 is 0. The molecule has 1 aliphatic rings. The molecule has 0 spiro atoms. The van der Waals surface area contributed by atoms with Crippen molar-refractivity contribution in [2.24, 2.45) is 0 Å². The van der Waals surface area contributed by atoms with Crippen LogP contribution in [0.1, 0.15) is 11.1 Å². The summed E-state index contributed by atoms with van der Waals surface area (Å²) in [5.74, 6) is 0. The van der Waals surface area contributed by atoms with Crippen molar-refractivity contribution < 1.29 is 10.0 Å². The molecule has 0 fully saturated rings. The van der Waals surface area contributed by atoms with Gasteiger partial charge in [-0.05, 0) is 57.9 Å². The van der Waals surface area contributed by atoms with Gasteiger partial charge in [0.25, 0.3) is 0 Å². The van der Waals surface area contributed by atoms with Crippen LogP contribution < -0.4 is 5.46 Å². The summed E-state index contributed by atoms with van der Waals surface area (Å²) in [5, 5.41) is 21.6. The molecule has 0 atom stereocenters. The van der Waals surface area contributed by atoms with Gasteiger partial charge in [-0.1, -0.05) is 48.0 Å². The lowest BCUT2D eigenvalue weighted by atomic mass is 9.73. The lowest BCUT2D eigenvalue weighted by Crippen LogP contribution is -2.33. The highest BCUT2D eigenvalue weighted by Crippen LogP contribution is 2.48. The maximum atomic E-state index is 9.75. The van der Waals surface area contributed by atoms with Gasteiger partial charge >= 0.3 is 7.12 Å². The first-order valence-corrected chi connectivity index (χ1v) is 7.12. The smallest absolute Gasteiger partial charge is 0.423 e. The third-order valence-electron chi connectivity index (χ3n) is 4.50. The maximum Gasteiger partial charge on any atom is 0.489 e. The van der Waals surface area contributed by atoms with Crippen LogP contribution in [0.3, 0.4) is 0 Å². The number of benzene rings is 3. The van der Waals surface area contributed by atoms with Crippen LogP contribution in [0.25, 0.3) is 33.0 Å². The van der Waals surface area contributed by atoms with Crippen LogP contribution in [-0.4, -0.2) is 17.2 Å². The molecular weight excluding hydrogens is 259 g/mol. The van der Waals surface area contributed by atoms with E-state index in [0.717, 1.165) is 16.3 Å². The third kappa shape index (κ3) is 1.56. The molecule has 2 N–H and O–H groups in total. The van der Waals surface area contributed by atoms with Crippen LogP contribution in [0.5, 0.6) is 0 Å². The fourth-order valence-electron chi connectivity index (χ4n) is 3.63. The fraction of sp³-hybridized carbons (Fsp3) is 0.111. The Morgan fingerprint density at radius 2 is 1.52 bits per heavy atom. The van der Waals surface area contributed by atoms with Crippen molar-refractivity contribution in [1.29, 1.82) is 0 Å². The van der Waals surface area contributed by atoms with Crippen molar-refractivity contribution >= 4 is 23.4 Å². The van der Waals surface area contributed by atoms with E-state index in [4.69, 9.17) is 0 Å². The van der Waals surface area contributed by atoms with Crippen LogP contribution >= 0.6 is 0 Å². The van der Waals surface area contributed by atoms with Crippen molar-refractivity contribution in [3.8, 4) is 22.3 Å². The molecule has 1 aliphatic carbocycles. The molecule has 0 bridgehead atoms. The minimum atomic E-state index is -1.45. The highest BCUT2D eigenvalue weighted by atomic mass is 16.4. The molecule has 21 heavy (non-hydrogen) atoms. The minimum Gasteiger partial charge on any atom is -0.423 e. The van der Waals surface area contributed by atoms with Gasteiger partial charge in [-0.15, -0.1) is 0 Å². The molecule has 0 unspecified atom stereocenters. The number of fused-ring (bicyclic) bond motifs is 3. The molecular formula is C18H15BO2. The quantitative estimate of drug-likeness (QED) is 0.524. The SMILES string of the molecule is Cc1cc2c3c(c(C)ccc3c1B(O)O)-c1ccccc1-2. The summed E-state index contributed by atoms with van der Waals surface area (Å²) in [7, 11) is -1.45. The molecule has 102 valence electrons. The highest BCUT2D eigenvalue weighted by Gasteiger charge is 2.27. The van der Waals surface area contributed by atoms with E-state index < -0.39 is 7.12 Å². The van der Waals surface area contributed by atoms with E-state index in [2.05, 4.69) is 43.3 Å². The Labute approximate surface area is 123 Å². The summed E-state index contributed by atoms with van der Waals surface area (Å²) in [6.07, 6.45) is 0. The number of hydrogen-bond acceptors (Lipinski definition) is 2. The standard InChI is InChI=1S/C18H15BO2/c1-10-7-8-14-17-15(9-11(2)18(14)19(20)21)12-5-3-4-6-13(12)16(10)17/h3-9,20-21H,1-2H3. The first kappa shape index (κ1) is 12.6. The largest absolute Gasteiger partial charge is 0.489 e. The number of aryl methyl sites for hydroxylation is 2. The van der Waals surface area contributed by atoms with Crippen LogP contribution in [0.4, 0.5) is 0 Å². The van der Waals surface area contributed by atoms with Crippen LogP contribution in [-0.2, 0) is 0 Å². The van der Waals surface area contributed by atoms with Gasteiger partial charge in [0, 0.05) is 0 Å². The van der Waals surface area contributed by atoms with Gasteiger partial charge in [-0.25, -0.2) is 0 Å². The average Bonchev–Trinajstić information content (AvgIpc) is 2.78. The van der Waals surface area contributed by atoms with Gasteiger partial charge < -0.3 is 10.0 Å². The highest BCUT2D eigenvalue weighted by molar-refractivity contribution is 6.63. The van der Waals surface area contributed by atoms with Gasteiger partial charge in [0.1, 0.15) is 0 Å². The molecule has 0 heterocycles. The lowest BCUT2D eigenvalue weighted by Gasteiger charge is -2.13. The molecule has 3 aromatic rings. The Morgan fingerprint density at radius 3 is 2.24 bits per heavy atom. The third-order valence-corrected chi connectivity index (χ3v) is 4.50. The second-order valence-corrected chi connectivity index (χ2v) is 5.75. The molecule has 0 saturated heterocycles. The Hall–Kier alpha value is -2.10. The first-order valence-electron chi connectivity index (χ1n) is 7.12. The zero-order chi connectivity index (χ0) is 14.7.